The summed E-state index contributed by atoms with van der Waals surface area (Å²) in [5.74, 6) is -3.28. The van der Waals surface area contributed by atoms with Gasteiger partial charge in [0.15, 0.2) is 5.57 Å². The van der Waals surface area contributed by atoms with Crippen LogP contribution in [0.2, 0.25) is 0 Å². The van der Waals surface area contributed by atoms with E-state index in [-0.39, 0.29) is 12.2 Å². The summed E-state index contributed by atoms with van der Waals surface area (Å²) in [6.07, 6.45) is 1.19. The Labute approximate surface area is 139 Å². The van der Waals surface area contributed by atoms with Crippen molar-refractivity contribution in [2.24, 2.45) is 0 Å². The van der Waals surface area contributed by atoms with E-state index in [0.29, 0.717) is 11.3 Å². The van der Waals surface area contributed by atoms with Gasteiger partial charge in [-0.1, -0.05) is 6.07 Å². The third-order valence-electron chi connectivity index (χ3n) is 3.23. The van der Waals surface area contributed by atoms with Crippen molar-refractivity contribution in [3.8, 4) is 0 Å². The number of ether oxygens (including phenoxy) is 3. The van der Waals surface area contributed by atoms with Crippen LogP contribution in [0.25, 0.3) is 0 Å². The lowest BCUT2D eigenvalue weighted by Gasteiger charge is -2.29. The Balaban J connectivity index is 2.20. The maximum Gasteiger partial charge on any atom is 0.350 e. The van der Waals surface area contributed by atoms with Crippen LogP contribution in [0.15, 0.2) is 30.0 Å². The van der Waals surface area contributed by atoms with E-state index in [1.54, 1.807) is 32.0 Å². The van der Waals surface area contributed by atoms with Crippen LogP contribution in [-0.2, 0) is 23.8 Å². The number of carbonyl (C=O) groups is 3. The molecule has 1 aliphatic rings. The first-order chi connectivity index (χ1) is 11.2. The van der Waals surface area contributed by atoms with Gasteiger partial charge in [0.25, 0.3) is 5.79 Å². The second kappa shape index (κ2) is 6.74. The molecule has 0 radical (unpaired) electrons. The highest BCUT2D eigenvalue weighted by Crippen LogP contribution is 2.23. The first-order valence-electron chi connectivity index (χ1n) is 7.44. The van der Waals surface area contributed by atoms with Crippen molar-refractivity contribution in [3.05, 3.63) is 41.1 Å². The Kier molecular flexibility index (Phi) is 4.92. The molecule has 1 aromatic rings. The fraction of sp³-hybridized carbons (Fsp3) is 0.353. The molecule has 0 bridgehead atoms. The van der Waals surface area contributed by atoms with Gasteiger partial charge in [0.05, 0.1) is 12.2 Å². The topological polar surface area (TPSA) is 90.9 Å². The maximum absolute atomic E-state index is 11.9. The summed E-state index contributed by atoms with van der Waals surface area (Å²) in [6, 6.07) is 5.01. The van der Waals surface area contributed by atoms with Gasteiger partial charge in [-0.05, 0) is 31.5 Å². The van der Waals surface area contributed by atoms with E-state index in [4.69, 9.17) is 14.2 Å². The number of aryl methyl sites for hydroxylation is 1. The molecular formula is C17H19NO6. The highest BCUT2D eigenvalue weighted by atomic mass is 16.7. The molecule has 7 nitrogen and oxygen atoms in total. The smallest absolute Gasteiger partial charge is 0.350 e. The zero-order chi connectivity index (χ0) is 17.9. The van der Waals surface area contributed by atoms with Gasteiger partial charge in [0, 0.05) is 25.7 Å². The molecular weight excluding hydrogens is 314 g/mol. The lowest BCUT2D eigenvalue weighted by Crippen LogP contribution is -2.42. The Bertz CT molecular complexity index is 698. The summed E-state index contributed by atoms with van der Waals surface area (Å²) in [4.78, 5) is 35.6. The van der Waals surface area contributed by atoms with E-state index < -0.39 is 23.7 Å². The van der Waals surface area contributed by atoms with Crippen molar-refractivity contribution in [2.75, 3.05) is 11.9 Å². The van der Waals surface area contributed by atoms with E-state index >= 15 is 0 Å². The normalized spacial score (nSPS) is 16.1. The first-order valence-corrected chi connectivity index (χ1v) is 7.44. The van der Waals surface area contributed by atoms with Crippen LogP contribution in [0.5, 0.6) is 0 Å². The number of rotatable bonds is 4. The Morgan fingerprint density at radius 3 is 2.46 bits per heavy atom. The van der Waals surface area contributed by atoms with E-state index in [9.17, 15) is 14.4 Å². The summed E-state index contributed by atoms with van der Waals surface area (Å²) >= 11 is 0. The average Bonchev–Trinajstić information content (AvgIpc) is 2.47. The molecule has 0 aliphatic carbocycles. The summed E-state index contributed by atoms with van der Waals surface area (Å²) in [5.41, 5.74) is 1.41. The largest absolute Gasteiger partial charge is 0.462 e. The van der Waals surface area contributed by atoms with Crippen LogP contribution < -0.4 is 5.32 Å². The number of carbonyl (C=O) groups excluding carboxylic acids is 3. The molecule has 1 fully saturated rings. The number of anilines is 1. The van der Waals surface area contributed by atoms with Crippen LogP contribution in [-0.4, -0.2) is 30.3 Å². The highest BCUT2D eigenvalue weighted by molar-refractivity contribution is 6.15. The molecule has 24 heavy (non-hydrogen) atoms. The Morgan fingerprint density at radius 1 is 1.25 bits per heavy atom. The van der Waals surface area contributed by atoms with Crippen molar-refractivity contribution in [1.29, 1.82) is 0 Å². The van der Waals surface area contributed by atoms with Crippen LogP contribution in [0.1, 0.15) is 36.7 Å². The zero-order valence-electron chi connectivity index (χ0n) is 14.0. The third kappa shape index (κ3) is 3.92. The summed E-state index contributed by atoms with van der Waals surface area (Å²) < 4.78 is 15.0. The second-order valence-corrected chi connectivity index (χ2v) is 5.63. The minimum atomic E-state index is -1.29. The standard InChI is InChI=1S/C17H19NO6/c1-5-22-14(19)12-8-11(7-6-10(12)2)18-9-13-15(20)23-17(3,4)24-16(13)21/h6-9,18H,5H2,1-4H3. The molecule has 128 valence electrons. The molecule has 1 heterocycles. The van der Waals surface area contributed by atoms with Crippen molar-refractivity contribution in [1.82, 2.24) is 0 Å². The maximum atomic E-state index is 11.9. The molecule has 7 heteroatoms. The van der Waals surface area contributed by atoms with Crippen molar-refractivity contribution in [2.45, 2.75) is 33.5 Å². The molecule has 1 aliphatic heterocycles. The van der Waals surface area contributed by atoms with Crippen LogP contribution in [0.3, 0.4) is 0 Å². The van der Waals surface area contributed by atoms with Gasteiger partial charge in [0.2, 0.25) is 0 Å². The molecule has 1 N–H and O–H groups in total. The van der Waals surface area contributed by atoms with E-state index in [0.717, 1.165) is 5.56 Å². The molecule has 0 atom stereocenters. The molecule has 0 spiro atoms. The van der Waals surface area contributed by atoms with E-state index in [1.165, 1.54) is 20.0 Å². The Hall–Kier alpha value is -2.83. The van der Waals surface area contributed by atoms with Crippen molar-refractivity contribution < 1.29 is 28.6 Å². The van der Waals surface area contributed by atoms with Crippen LogP contribution in [0.4, 0.5) is 5.69 Å². The van der Waals surface area contributed by atoms with Gasteiger partial charge in [-0.25, -0.2) is 14.4 Å². The fourth-order valence-electron chi connectivity index (χ4n) is 2.07. The molecule has 2 rings (SSSR count). The number of esters is 3. The molecule has 1 saturated heterocycles. The SMILES string of the molecule is CCOC(=O)c1cc(NC=C2C(=O)OC(C)(C)OC2=O)ccc1C. The molecule has 0 amide bonds. The highest BCUT2D eigenvalue weighted by Gasteiger charge is 2.38. The Morgan fingerprint density at radius 2 is 1.88 bits per heavy atom. The lowest BCUT2D eigenvalue weighted by atomic mass is 10.1. The minimum absolute atomic E-state index is 0.257. The summed E-state index contributed by atoms with van der Waals surface area (Å²) in [6.45, 7) is 6.72. The number of benzene rings is 1. The fourth-order valence-corrected chi connectivity index (χ4v) is 2.07. The van der Waals surface area contributed by atoms with Crippen molar-refractivity contribution in [3.63, 3.8) is 0 Å². The quantitative estimate of drug-likeness (QED) is 0.513. The number of hydrogen-bond donors (Lipinski definition) is 1. The lowest BCUT2D eigenvalue weighted by molar-refractivity contribution is -0.222. The monoisotopic (exact) mass is 333 g/mol. The van der Waals surface area contributed by atoms with Gasteiger partial charge < -0.3 is 19.5 Å². The van der Waals surface area contributed by atoms with Gasteiger partial charge in [0.1, 0.15) is 0 Å². The summed E-state index contributed by atoms with van der Waals surface area (Å²) in [7, 11) is 0. The predicted molar refractivity (Wildman–Crippen MR) is 85.1 cm³/mol. The van der Waals surface area contributed by atoms with E-state index in [1.807, 2.05) is 0 Å². The second-order valence-electron chi connectivity index (χ2n) is 5.63. The average molecular weight is 333 g/mol. The van der Waals surface area contributed by atoms with E-state index in [2.05, 4.69) is 5.32 Å². The number of nitrogens with one attached hydrogen (secondary N) is 1. The van der Waals surface area contributed by atoms with Gasteiger partial charge >= 0.3 is 17.9 Å². The predicted octanol–water partition coefficient (Wildman–Crippen LogP) is 2.30. The molecule has 0 saturated carbocycles. The number of cyclic esters (lactones) is 2. The van der Waals surface area contributed by atoms with Crippen LogP contribution >= 0.6 is 0 Å². The van der Waals surface area contributed by atoms with Crippen molar-refractivity contribution >= 4 is 23.6 Å². The zero-order valence-corrected chi connectivity index (χ0v) is 14.0. The first kappa shape index (κ1) is 17.5. The van der Waals surface area contributed by atoms with Gasteiger partial charge in [-0.2, -0.15) is 0 Å². The molecule has 0 unspecified atom stereocenters. The summed E-state index contributed by atoms with van der Waals surface area (Å²) in [5, 5.41) is 2.80. The molecule has 1 aromatic carbocycles. The molecule has 0 aromatic heterocycles. The van der Waals surface area contributed by atoms with Gasteiger partial charge in [-0.3, -0.25) is 0 Å². The van der Waals surface area contributed by atoms with Crippen LogP contribution in [0, 0.1) is 6.92 Å². The minimum Gasteiger partial charge on any atom is -0.462 e. The number of hydrogen-bond acceptors (Lipinski definition) is 7. The van der Waals surface area contributed by atoms with Gasteiger partial charge in [-0.15, -0.1) is 0 Å². The third-order valence-corrected chi connectivity index (χ3v) is 3.23.